The monoisotopic (exact) mass is 394 g/mol. The predicted molar refractivity (Wildman–Crippen MR) is 134 cm³/mol. The molecule has 0 atom stereocenters. The van der Waals surface area contributed by atoms with Gasteiger partial charge in [-0.3, -0.25) is 0 Å². The average Bonchev–Trinajstić information content (AvgIpc) is 2.85. The summed E-state index contributed by atoms with van der Waals surface area (Å²) in [5, 5.41) is 7.95. The minimum Gasteiger partial charge on any atom is -0.0622 e. The Kier molecular flexibility index (Phi) is 4.28. The minimum absolute atomic E-state index is 0.937. The van der Waals surface area contributed by atoms with Crippen LogP contribution in [0.3, 0.4) is 0 Å². The van der Waals surface area contributed by atoms with Crippen LogP contribution in [0.1, 0.15) is 11.1 Å². The SMILES string of the molecule is c1ccc(Cc2cc3c4ccccc4c(-c4ccccc4)cc3c3ccccc23)cc1. The van der Waals surface area contributed by atoms with Crippen molar-refractivity contribution in [3.8, 4) is 11.1 Å². The Morgan fingerprint density at radius 3 is 1.61 bits per heavy atom. The second-order valence-corrected chi connectivity index (χ2v) is 8.17. The third-order valence-electron chi connectivity index (χ3n) is 6.29. The highest BCUT2D eigenvalue weighted by molar-refractivity contribution is 6.21. The molecule has 0 aliphatic carbocycles. The van der Waals surface area contributed by atoms with E-state index in [2.05, 4.69) is 121 Å². The fraction of sp³-hybridized carbons (Fsp3) is 0.0323. The molecule has 0 N–H and O–H groups in total. The Balaban J connectivity index is 1.72. The van der Waals surface area contributed by atoms with E-state index in [0.29, 0.717) is 0 Å². The van der Waals surface area contributed by atoms with Gasteiger partial charge in [-0.15, -0.1) is 0 Å². The predicted octanol–water partition coefficient (Wildman–Crippen LogP) is 8.40. The molecule has 0 fully saturated rings. The Bertz CT molecular complexity index is 1530. The maximum absolute atomic E-state index is 2.42. The number of hydrogen-bond acceptors (Lipinski definition) is 0. The van der Waals surface area contributed by atoms with Gasteiger partial charge in [0.1, 0.15) is 0 Å². The molecule has 6 aromatic rings. The Morgan fingerprint density at radius 1 is 0.387 bits per heavy atom. The van der Waals surface area contributed by atoms with Gasteiger partial charge in [0.05, 0.1) is 0 Å². The summed E-state index contributed by atoms with van der Waals surface area (Å²) < 4.78 is 0. The van der Waals surface area contributed by atoms with Crippen LogP contribution in [0, 0.1) is 0 Å². The standard InChI is InChI=1S/C31H22/c1-3-11-22(12-4-1)19-24-20-30-28-18-10-9-17-27(28)29(23-13-5-2-6-14-23)21-31(30)26-16-8-7-15-25(24)26/h1-18,20-21H,19H2. The third kappa shape index (κ3) is 3.08. The summed E-state index contributed by atoms with van der Waals surface area (Å²) >= 11 is 0. The van der Waals surface area contributed by atoms with Crippen molar-refractivity contribution < 1.29 is 0 Å². The van der Waals surface area contributed by atoms with Gasteiger partial charge in [0.15, 0.2) is 0 Å². The largest absolute Gasteiger partial charge is 0.0622 e. The fourth-order valence-corrected chi connectivity index (χ4v) is 4.84. The minimum atomic E-state index is 0.937. The normalized spacial score (nSPS) is 11.4. The molecule has 0 amide bonds. The zero-order valence-electron chi connectivity index (χ0n) is 17.3. The van der Waals surface area contributed by atoms with E-state index in [-0.39, 0.29) is 0 Å². The van der Waals surface area contributed by atoms with Gasteiger partial charge in [0.2, 0.25) is 0 Å². The van der Waals surface area contributed by atoms with Crippen LogP contribution in [0.4, 0.5) is 0 Å². The zero-order valence-corrected chi connectivity index (χ0v) is 17.3. The number of fused-ring (bicyclic) bond motifs is 5. The molecule has 31 heavy (non-hydrogen) atoms. The molecule has 6 rings (SSSR count). The second kappa shape index (κ2) is 7.41. The summed E-state index contributed by atoms with van der Waals surface area (Å²) in [6.07, 6.45) is 0.937. The van der Waals surface area contributed by atoms with Crippen LogP contribution in [0.25, 0.3) is 43.4 Å². The van der Waals surface area contributed by atoms with Crippen molar-refractivity contribution in [2.24, 2.45) is 0 Å². The van der Waals surface area contributed by atoms with E-state index in [1.54, 1.807) is 0 Å². The van der Waals surface area contributed by atoms with E-state index in [4.69, 9.17) is 0 Å². The van der Waals surface area contributed by atoms with Crippen LogP contribution >= 0.6 is 0 Å². The summed E-state index contributed by atoms with van der Waals surface area (Å²) in [6.45, 7) is 0. The summed E-state index contributed by atoms with van der Waals surface area (Å²) in [4.78, 5) is 0. The van der Waals surface area contributed by atoms with Crippen molar-refractivity contribution in [1.82, 2.24) is 0 Å². The molecule has 0 nitrogen and oxygen atoms in total. The van der Waals surface area contributed by atoms with E-state index in [0.717, 1.165) is 6.42 Å². The highest BCUT2D eigenvalue weighted by atomic mass is 14.2. The van der Waals surface area contributed by atoms with Crippen molar-refractivity contribution in [1.29, 1.82) is 0 Å². The molecule has 0 saturated heterocycles. The van der Waals surface area contributed by atoms with Crippen LogP contribution in [0.2, 0.25) is 0 Å². The lowest BCUT2D eigenvalue weighted by atomic mass is 9.88. The van der Waals surface area contributed by atoms with Gasteiger partial charge in [-0.05, 0) is 73.1 Å². The van der Waals surface area contributed by atoms with Crippen LogP contribution < -0.4 is 0 Å². The van der Waals surface area contributed by atoms with E-state index >= 15 is 0 Å². The molecule has 0 unspecified atom stereocenters. The van der Waals surface area contributed by atoms with Crippen molar-refractivity contribution in [3.05, 3.63) is 132 Å². The summed E-state index contributed by atoms with van der Waals surface area (Å²) in [6, 6.07) is 44.0. The Hall–Kier alpha value is -3.90. The van der Waals surface area contributed by atoms with Gasteiger partial charge in [0, 0.05) is 0 Å². The first kappa shape index (κ1) is 17.9. The summed E-state index contributed by atoms with van der Waals surface area (Å²) in [5.41, 5.74) is 5.28. The maximum Gasteiger partial charge on any atom is -0.00194 e. The molecule has 0 saturated carbocycles. The van der Waals surface area contributed by atoms with Crippen molar-refractivity contribution in [3.63, 3.8) is 0 Å². The van der Waals surface area contributed by atoms with E-state index in [9.17, 15) is 0 Å². The summed E-state index contributed by atoms with van der Waals surface area (Å²) in [5.74, 6) is 0. The molecular formula is C31H22. The smallest absolute Gasteiger partial charge is 0.00194 e. The molecule has 0 aromatic heterocycles. The van der Waals surface area contributed by atoms with Crippen molar-refractivity contribution in [2.75, 3.05) is 0 Å². The quantitative estimate of drug-likeness (QED) is 0.264. The first-order valence-electron chi connectivity index (χ1n) is 10.8. The molecule has 0 heteroatoms. The van der Waals surface area contributed by atoms with Crippen LogP contribution in [-0.2, 0) is 6.42 Å². The van der Waals surface area contributed by atoms with E-state index in [1.165, 1.54) is 54.6 Å². The van der Waals surface area contributed by atoms with E-state index in [1.807, 2.05) is 0 Å². The number of rotatable bonds is 3. The molecule has 0 heterocycles. The molecule has 0 bridgehead atoms. The van der Waals surface area contributed by atoms with Gasteiger partial charge in [-0.1, -0.05) is 109 Å². The molecule has 0 spiro atoms. The van der Waals surface area contributed by atoms with Gasteiger partial charge in [0.25, 0.3) is 0 Å². The van der Waals surface area contributed by atoms with Gasteiger partial charge in [-0.25, -0.2) is 0 Å². The zero-order chi connectivity index (χ0) is 20.6. The fourth-order valence-electron chi connectivity index (χ4n) is 4.84. The number of benzene rings is 6. The maximum atomic E-state index is 2.42. The summed E-state index contributed by atoms with van der Waals surface area (Å²) in [7, 11) is 0. The lowest BCUT2D eigenvalue weighted by Crippen LogP contribution is -1.93. The first-order chi connectivity index (χ1) is 15.4. The van der Waals surface area contributed by atoms with Crippen molar-refractivity contribution in [2.45, 2.75) is 6.42 Å². The Morgan fingerprint density at radius 2 is 0.903 bits per heavy atom. The highest BCUT2D eigenvalue weighted by Gasteiger charge is 2.13. The van der Waals surface area contributed by atoms with Crippen LogP contribution in [0.15, 0.2) is 121 Å². The molecule has 146 valence electrons. The molecule has 0 aliphatic rings. The van der Waals surface area contributed by atoms with E-state index < -0.39 is 0 Å². The van der Waals surface area contributed by atoms with Gasteiger partial charge in [-0.2, -0.15) is 0 Å². The third-order valence-corrected chi connectivity index (χ3v) is 6.29. The lowest BCUT2D eigenvalue weighted by molar-refractivity contribution is 1.22. The van der Waals surface area contributed by atoms with Gasteiger partial charge >= 0.3 is 0 Å². The van der Waals surface area contributed by atoms with Crippen LogP contribution in [0.5, 0.6) is 0 Å². The Labute approximate surface area is 182 Å². The van der Waals surface area contributed by atoms with Crippen molar-refractivity contribution >= 4 is 32.3 Å². The van der Waals surface area contributed by atoms with Gasteiger partial charge < -0.3 is 0 Å². The average molecular weight is 395 g/mol. The molecule has 0 radical (unpaired) electrons. The molecule has 0 aliphatic heterocycles. The lowest BCUT2D eigenvalue weighted by Gasteiger charge is -2.16. The highest BCUT2D eigenvalue weighted by Crippen LogP contribution is 2.39. The molecular weight excluding hydrogens is 372 g/mol. The number of hydrogen-bond donors (Lipinski definition) is 0. The van der Waals surface area contributed by atoms with Crippen LogP contribution in [-0.4, -0.2) is 0 Å². The topological polar surface area (TPSA) is 0 Å². The molecule has 6 aromatic carbocycles. The first-order valence-corrected chi connectivity index (χ1v) is 10.8. The second-order valence-electron chi connectivity index (χ2n) is 8.17.